The Morgan fingerprint density at radius 2 is 2.06 bits per heavy atom. The van der Waals surface area contributed by atoms with E-state index in [1.807, 2.05) is 6.92 Å². The third-order valence-electron chi connectivity index (χ3n) is 3.23. The van der Waals surface area contributed by atoms with Crippen LogP contribution in [-0.2, 0) is 4.79 Å². The van der Waals surface area contributed by atoms with Crippen LogP contribution in [0.1, 0.15) is 57.8 Å². The highest BCUT2D eigenvalue weighted by molar-refractivity contribution is 8.00. The van der Waals surface area contributed by atoms with E-state index in [2.05, 4.69) is 10.2 Å². The van der Waals surface area contributed by atoms with Gasteiger partial charge in [0.2, 0.25) is 5.89 Å². The molecule has 1 aromatic heterocycles. The minimum absolute atomic E-state index is 0.116. The van der Waals surface area contributed by atoms with Gasteiger partial charge in [-0.2, -0.15) is 0 Å². The van der Waals surface area contributed by atoms with Crippen molar-refractivity contribution in [2.24, 2.45) is 0 Å². The number of hydrogen-bond acceptors (Lipinski definition) is 5. The van der Waals surface area contributed by atoms with Gasteiger partial charge in [0, 0.05) is 5.92 Å². The Labute approximate surface area is 106 Å². The Morgan fingerprint density at radius 1 is 1.35 bits per heavy atom. The Morgan fingerprint density at radius 3 is 2.71 bits per heavy atom. The molecule has 0 saturated heterocycles. The maximum Gasteiger partial charge on any atom is 0.277 e. The molecule has 1 unspecified atom stereocenters. The summed E-state index contributed by atoms with van der Waals surface area (Å²) in [5.41, 5.74) is 0. The smallest absolute Gasteiger partial charge is 0.277 e. The van der Waals surface area contributed by atoms with Crippen molar-refractivity contribution in [3.05, 3.63) is 5.89 Å². The zero-order valence-corrected chi connectivity index (χ0v) is 11.1. The van der Waals surface area contributed by atoms with E-state index in [0.29, 0.717) is 11.1 Å². The van der Waals surface area contributed by atoms with Crippen LogP contribution in [0, 0.1) is 0 Å². The Balaban J connectivity index is 1.97. The van der Waals surface area contributed by atoms with Crippen molar-refractivity contribution >= 4 is 17.5 Å². The molecule has 1 aromatic rings. The Bertz CT molecular complexity index is 386. The number of Topliss-reactive ketones (excluding diaryl/α,β-unsaturated/α-hetero) is 1. The van der Waals surface area contributed by atoms with Crippen LogP contribution in [0.15, 0.2) is 9.64 Å². The first kappa shape index (κ1) is 12.6. The number of rotatable bonds is 4. The van der Waals surface area contributed by atoms with Crippen molar-refractivity contribution < 1.29 is 9.21 Å². The second kappa shape index (κ2) is 5.67. The van der Waals surface area contributed by atoms with Crippen LogP contribution in [0.5, 0.6) is 0 Å². The highest BCUT2D eigenvalue weighted by Gasteiger charge is 2.22. The molecule has 0 amide bonds. The van der Waals surface area contributed by atoms with Gasteiger partial charge < -0.3 is 4.42 Å². The van der Waals surface area contributed by atoms with Crippen LogP contribution in [0.3, 0.4) is 0 Å². The molecule has 5 heteroatoms. The normalized spacial score (nSPS) is 19.2. The summed E-state index contributed by atoms with van der Waals surface area (Å²) in [4.78, 5) is 11.1. The maximum absolute atomic E-state index is 11.1. The molecule has 1 heterocycles. The van der Waals surface area contributed by atoms with Crippen molar-refractivity contribution in [2.45, 2.75) is 62.3 Å². The molecule has 2 rings (SSSR count). The lowest BCUT2D eigenvalue weighted by molar-refractivity contribution is -0.116. The third kappa shape index (κ3) is 3.31. The molecular weight excluding hydrogens is 236 g/mol. The van der Waals surface area contributed by atoms with E-state index in [-0.39, 0.29) is 11.0 Å². The predicted octanol–water partition coefficient (Wildman–Crippen LogP) is 3.19. The molecule has 0 bridgehead atoms. The lowest BCUT2D eigenvalue weighted by atomic mass is 9.89. The fourth-order valence-electron chi connectivity index (χ4n) is 2.02. The molecule has 0 aromatic carbocycles. The minimum Gasteiger partial charge on any atom is -0.416 e. The topological polar surface area (TPSA) is 56.0 Å². The summed E-state index contributed by atoms with van der Waals surface area (Å²) in [5, 5.41) is 8.52. The SMILES string of the molecule is CC(=O)C(C)Sc1nnc(C2CCCCC2)o1. The predicted molar refractivity (Wildman–Crippen MR) is 66.1 cm³/mol. The van der Waals surface area contributed by atoms with Gasteiger partial charge in [-0.1, -0.05) is 31.0 Å². The van der Waals surface area contributed by atoms with Gasteiger partial charge in [-0.15, -0.1) is 10.2 Å². The van der Waals surface area contributed by atoms with E-state index in [0.717, 1.165) is 18.7 Å². The lowest BCUT2D eigenvalue weighted by Crippen LogP contribution is -2.07. The summed E-state index contributed by atoms with van der Waals surface area (Å²) in [5.74, 6) is 1.31. The number of aromatic nitrogens is 2. The number of carbonyl (C=O) groups is 1. The molecular formula is C12H18N2O2S. The average molecular weight is 254 g/mol. The van der Waals surface area contributed by atoms with E-state index in [9.17, 15) is 4.79 Å². The monoisotopic (exact) mass is 254 g/mol. The largest absolute Gasteiger partial charge is 0.416 e. The number of thioether (sulfide) groups is 1. The van der Waals surface area contributed by atoms with E-state index in [4.69, 9.17) is 4.42 Å². The first-order valence-electron chi connectivity index (χ1n) is 6.17. The fraction of sp³-hybridized carbons (Fsp3) is 0.750. The Hall–Kier alpha value is -0.840. The highest BCUT2D eigenvalue weighted by Crippen LogP contribution is 2.33. The first-order chi connectivity index (χ1) is 8.16. The maximum atomic E-state index is 11.1. The van der Waals surface area contributed by atoms with Crippen LogP contribution in [0.2, 0.25) is 0 Å². The quantitative estimate of drug-likeness (QED) is 0.772. The highest BCUT2D eigenvalue weighted by atomic mass is 32.2. The van der Waals surface area contributed by atoms with E-state index in [1.165, 1.54) is 31.0 Å². The van der Waals surface area contributed by atoms with Crippen LogP contribution in [0.4, 0.5) is 0 Å². The average Bonchev–Trinajstić information content (AvgIpc) is 2.78. The van der Waals surface area contributed by atoms with Gasteiger partial charge in [0.15, 0.2) is 0 Å². The summed E-state index contributed by atoms with van der Waals surface area (Å²) >= 11 is 1.35. The molecule has 94 valence electrons. The molecule has 0 N–H and O–H groups in total. The number of ketones is 1. The van der Waals surface area contributed by atoms with E-state index >= 15 is 0 Å². The molecule has 0 radical (unpaired) electrons. The molecule has 0 aliphatic heterocycles. The van der Waals surface area contributed by atoms with Gasteiger partial charge >= 0.3 is 0 Å². The molecule has 17 heavy (non-hydrogen) atoms. The van der Waals surface area contributed by atoms with Gasteiger partial charge in [-0.3, -0.25) is 4.79 Å². The van der Waals surface area contributed by atoms with Gasteiger partial charge in [0.05, 0.1) is 5.25 Å². The second-order valence-corrected chi connectivity index (χ2v) is 5.90. The summed E-state index contributed by atoms with van der Waals surface area (Å²) in [6.07, 6.45) is 6.11. The Kier molecular flexibility index (Phi) is 4.20. The van der Waals surface area contributed by atoms with Crippen LogP contribution in [-0.4, -0.2) is 21.2 Å². The van der Waals surface area contributed by atoms with Crippen LogP contribution >= 0.6 is 11.8 Å². The zero-order valence-electron chi connectivity index (χ0n) is 10.3. The number of nitrogens with zero attached hydrogens (tertiary/aromatic N) is 2. The molecule has 1 saturated carbocycles. The summed E-state index contributed by atoms with van der Waals surface area (Å²) < 4.78 is 5.63. The molecule has 1 aliphatic carbocycles. The van der Waals surface area contributed by atoms with Crippen molar-refractivity contribution in [3.8, 4) is 0 Å². The molecule has 1 atom stereocenters. The fourth-order valence-corrected chi connectivity index (χ4v) is 2.71. The van der Waals surface area contributed by atoms with Crippen LogP contribution < -0.4 is 0 Å². The standard InChI is InChI=1S/C12H18N2O2S/c1-8(15)9(2)17-12-14-13-11(16-12)10-6-4-3-5-7-10/h9-10H,3-7H2,1-2H3. The molecule has 1 aliphatic rings. The van der Waals surface area contributed by atoms with Crippen LogP contribution in [0.25, 0.3) is 0 Å². The number of carbonyl (C=O) groups excluding carboxylic acids is 1. The van der Waals surface area contributed by atoms with Gasteiger partial charge in [-0.25, -0.2) is 0 Å². The van der Waals surface area contributed by atoms with Gasteiger partial charge in [-0.05, 0) is 26.7 Å². The summed E-state index contributed by atoms with van der Waals surface area (Å²) in [6.45, 7) is 3.44. The lowest BCUT2D eigenvalue weighted by Gasteiger charge is -2.17. The van der Waals surface area contributed by atoms with Crippen molar-refractivity contribution in [2.75, 3.05) is 0 Å². The summed E-state index contributed by atoms with van der Waals surface area (Å²) in [7, 11) is 0. The molecule has 1 fully saturated rings. The first-order valence-corrected chi connectivity index (χ1v) is 7.05. The number of hydrogen-bond donors (Lipinski definition) is 0. The zero-order chi connectivity index (χ0) is 12.3. The van der Waals surface area contributed by atoms with E-state index in [1.54, 1.807) is 6.92 Å². The van der Waals surface area contributed by atoms with Gasteiger partial charge in [0.25, 0.3) is 5.22 Å². The molecule has 4 nitrogen and oxygen atoms in total. The molecule has 0 spiro atoms. The van der Waals surface area contributed by atoms with E-state index < -0.39 is 0 Å². The second-order valence-electron chi connectivity index (χ2n) is 4.61. The third-order valence-corrected chi connectivity index (χ3v) is 4.28. The van der Waals surface area contributed by atoms with Crippen molar-refractivity contribution in [3.63, 3.8) is 0 Å². The van der Waals surface area contributed by atoms with Gasteiger partial charge in [0.1, 0.15) is 5.78 Å². The van der Waals surface area contributed by atoms with Crippen molar-refractivity contribution in [1.29, 1.82) is 0 Å². The minimum atomic E-state index is -0.116. The summed E-state index contributed by atoms with van der Waals surface area (Å²) in [6, 6.07) is 0. The van der Waals surface area contributed by atoms with Crippen molar-refractivity contribution in [1.82, 2.24) is 10.2 Å².